The maximum absolute atomic E-state index is 12.9. The van der Waals surface area contributed by atoms with Crippen LogP contribution in [0.1, 0.15) is 47.1 Å². The van der Waals surface area contributed by atoms with Gasteiger partial charge in [0.05, 0.1) is 4.90 Å². The van der Waals surface area contributed by atoms with Crippen LogP contribution in [0.4, 0.5) is 15.4 Å². The smallest absolute Gasteiger partial charge is 0.425 e. The summed E-state index contributed by atoms with van der Waals surface area (Å²) in [7, 11) is 0. The van der Waals surface area contributed by atoms with E-state index < -0.39 is 23.4 Å². The first-order valence-corrected chi connectivity index (χ1v) is 10.3. The molecule has 1 aromatic heterocycles. The Hall–Kier alpha value is -2.54. The van der Waals surface area contributed by atoms with Gasteiger partial charge in [-0.05, 0) is 59.2 Å². The third-order valence-corrected chi connectivity index (χ3v) is 4.46. The lowest BCUT2D eigenvalue weighted by Crippen LogP contribution is -2.44. The molecule has 0 aliphatic rings. The highest BCUT2D eigenvalue weighted by molar-refractivity contribution is 7.98. The summed E-state index contributed by atoms with van der Waals surface area (Å²) in [5.41, 5.74) is -0.430. The van der Waals surface area contributed by atoms with Crippen LogP contribution in [0.15, 0.2) is 53.6 Å². The zero-order valence-electron chi connectivity index (χ0n) is 17.8. The van der Waals surface area contributed by atoms with E-state index in [1.54, 1.807) is 47.6 Å². The molecule has 2 amide bonds. The number of aromatic nitrogens is 1. The monoisotopic (exact) mass is 416 g/mol. The van der Waals surface area contributed by atoms with E-state index >= 15 is 0 Å². The molecule has 0 fully saturated rings. The molecule has 0 atom stereocenters. The van der Waals surface area contributed by atoms with Gasteiger partial charge in [0.25, 0.3) is 0 Å². The molecule has 0 saturated heterocycles. The Morgan fingerprint density at radius 1 is 0.897 bits per heavy atom. The zero-order chi connectivity index (χ0) is 21.7. The standard InChI is InChI=1S/C22H28N2O4S/c1-21(2,3)27-19(25)24(20(26)28-22(4,5)6)18-17(13-10-14-23-18)29-15-16-11-8-7-9-12-16/h7-14H,15H2,1-6H3. The number of benzene rings is 1. The molecule has 1 aromatic carbocycles. The molecule has 0 aliphatic carbocycles. The van der Waals surface area contributed by atoms with Crippen molar-refractivity contribution >= 4 is 29.8 Å². The van der Waals surface area contributed by atoms with E-state index in [0.29, 0.717) is 10.6 Å². The summed E-state index contributed by atoms with van der Waals surface area (Å²) in [5.74, 6) is 0.854. The second kappa shape index (κ2) is 9.31. The number of nitrogens with zero attached hydrogens (tertiary/aromatic N) is 2. The van der Waals surface area contributed by atoms with Gasteiger partial charge in [-0.15, -0.1) is 11.8 Å². The van der Waals surface area contributed by atoms with Crippen molar-refractivity contribution in [3.8, 4) is 0 Å². The molecular formula is C22H28N2O4S. The quantitative estimate of drug-likeness (QED) is 0.565. The fraction of sp³-hybridized carbons (Fsp3) is 0.409. The van der Waals surface area contributed by atoms with E-state index in [0.717, 1.165) is 10.5 Å². The van der Waals surface area contributed by atoms with Crippen LogP contribution in [0.25, 0.3) is 0 Å². The van der Waals surface area contributed by atoms with E-state index in [1.165, 1.54) is 18.0 Å². The van der Waals surface area contributed by atoms with Gasteiger partial charge in [0.1, 0.15) is 11.2 Å². The molecule has 1 heterocycles. The normalized spacial score (nSPS) is 11.7. The molecule has 0 aliphatic heterocycles. The number of hydrogen-bond acceptors (Lipinski definition) is 6. The Labute approximate surface area is 176 Å². The van der Waals surface area contributed by atoms with Crippen molar-refractivity contribution in [3.05, 3.63) is 54.2 Å². The van der Waals surface area contributed by atoms with Crippen LogP contribution in [0.3, 0.4) is 0 Å². The minimum atomic E-state index is -0.827. The van der Waals surface area contributed by atoms with Crippen LogP contribution in [-0.2, 0) is 15.2 Å². The molecule has 156 valence electrons. The first-order chi connectivity index (χ1) is 13.5. The van der Waals surface area contributed by atoms with Crippen molar-refractivity contribution in [2.75, 3.05) is 4.90 Å². The average molecular weight is 417 g/mol. The van der Waals surface area contributed by atoms with Gasteiger partial charge in [-0.1, -0.05) is 30.3 Å². The van der Waals surface area contributed by atoms with Crippen LogP contribution < -0.4 is 4.90 Å². The van der Waals surface area contributed by atoms with Crippen LogP contribution in [0, 0.1) is 0 Å². The molecule has 7 heteroatoms. The lowest BCUT2D eigenvalue weighted by atomic mass is 10.2. The SMILES string of the molecule is CC(C)(C)OC(=O)N(C(=O)OC(C)(C)C)c1ncccc1SCc1ccccc1. The summed E-state index contributed by atoms with van der Waals surface area (Å²) in [4.78, 5) is 31.6. The Kier molecular flexibility index (Phi) is 7.30. The van der Waals surface area contributed by atoms with Gasteiger partial charge >= 0.3 is 12.2 Å². The van der Waals surface area contributed by atoms with Crippen molar-refractivity contribution in [3.63, 3.8) is 0 Å². The summed E-state index contributed by atoms with van der Waals surface area (Å²) in [5, 5.41) is 0. The third kappa shape index (κ3) is 7.42. The number of hydrogen-bond donors (Lipinski definition) is 0. The van der Waals surface area contributed by atoms with Crippen molar-refractivity contribution < 1.29 is 19.1 Å². The number of ether oxygens (including phenoxy) is 2. The lowest BCUT2D eigenvalue weighted by molar-refractivity contribution is 0.0428. The summed E-state index contributed by atoms with van der Waals surface area (Å²) < 4.78 is 10.9. The highest BCUT2D eigenvalue weighted by atomic mass is 32.2. The maximum atomic E-state index is 12.9. The van der Waals surface area contributed by atoms with Gasteiger partial charge < -0.3 is 9.47 Å². The highest BCUT2D eigenvalue weighted by Gasteiger charge is 2.34. The van der Waals surface area contributed by atoms with Crippen LogP contribution in [-0.4, -0.2) is 28.4 Å². The molecule has 2 aromatic rings. The van der Waals surface area contributed by atoms with Crippen LogP contribution >= 0.6 is 11.8 Å². The fourth-order valence-corrected chi connectivity index (χ4v) is 3.22. The maximum Gasteiger partial charge on any atom is 0.425 e. The number of anilines is 1. The number of carbonyl (C=O) groups excluding carboxylic acids is 2. The predicted molar refractivity (Wildman–Crippen MR) is 115 cm³/mol. The van der Waals surface area contributed by atoms with E-state index in [9.17, 15) is 9.59 Å². The number of thioether (sulfide) groups is 1. The summed E-state index contributed by atoms with van der Waals surface area (Å²) in [6.07, 6.45) is -0.122. The zero-order valence-corrected chi connectivity index (χ0v) is 18.6. The van der Waals surface area contributed by atoms with E-state index in [4.69, 9.17) is 9.47 Å². The van der Waals surface area contributed by atoms with Crippen LogP contribution in [0.2, 0.25) is 0 Å². The largest absolute Gasteiger partial charge is 0.443 e. The first kappa shape index (κ1) is 22.7. The minimum absolute atomic E-state index is 0.192. The summed E-state index contributed by atoms with van der Waals surface area (Å²) in [6.45, 7) is 10.4. The Balaban J connectivity index is 2.36. The number of amides is 2. The van der Waals surface area contributed by atoms with Crippen molar-refractivity contribution in [1.82, 2.24) is 4.98 Å². The van der Waals surface area contributed by atoms with Gasteiger partial charge in [-0.25, -0.2) is 14.6 Å². The molecule has 29 heavy (non-hydrogen) atoms. The molecule has 0 radical (unpaired) electrons. The summed E-state index contributed by atoms with van der Waals surface area (Å²) in [6, 6.07) is 13.5. The first-order valence-electron chi connectivity index (χ1n) is 9.34. The summed E-state index contributed by atoms with van der Waals surface area (Å²) >= 11 is 1.48. The van der Waals surface area contributed by atoms with Gasteiger partial charge in [0.2, 0.25) is 0 Å². The molecule has 0 N–H and O–H groups in total. The van der Waals surface area contributed by atoms with Gasteiger partial charge in [0, 0.05) is 11.9 Å². The second-order valence-corrected chi connectivity index (χ2v) is 9.41. The van der Waals surface area contributed by atoms with Crippen molar-refractivity contribution in [1.29, 1.82) is 0 Å². The van der Waals surface area contributed by atoms with Crippen LogP contribution in [0.5, 0.6) is 0 Å². The Bertz CT molecular complexity index is 814. The van der Waals surface area contributed by atoms with Gasteiger partial charge in [0.15, 0.2) is 5.82 Å². The Morgan fingerprint density at radius 3 is 1.97 bits per heavy atom. The molecule has 2 rings (SSSR count). The topological polar surface area (TPSA) is 68.7 Å². The van der Waals surface area contributed by atoms with Crippen molar-refractivity contribution in [2.45, 2.75) is 63.4 Å². The van der Waals surface area contributed by atoms with E-state index in [2.05, 4.69) is 4.98 Å². The number of carbonyl (C=O) groups is 2. The molecule has 0 unspecified atom stereocenters. The van der Waals surface area contributed by atoms with E-state index in [1.807, 2.05) is 36.4 Å². The third-order valence-electron chi connectivity index (χ3n) is 3.35. The van der Waals surface area contributed by atoms with Gasteiger partial charge in [-0.3, -0.25) is 0 Å². The molecular weight excluding hydrogens is 388 g/mol. The van der Waals surface area contributed by atoms with E-state index in [-0.39, 0.29) is 5.82 Å². The Morgan fingerprint density at radius 2 is 1.45 bits per heavy atom. The minimum Gasteiger partial charge on any atom is -0.443 e. The number of rotatable bonds is 4. The van der Waals surface area contributed by atoms with Gasteiger partial charge in [-0.2, -0.15) is 4.90 Å². The molecule has 0 spiro atoms. The fourth-order valence-electron chi connectivity index (χ4n) is 2.26. The number of pyridine rings is 1. The molecule has 0 saturated carbocycles. The highest BCUT2D eigenvalue weighted by Crippen LogP contribution is 2.32. The predicted octanol–water partition coefficient (Wildman–Crippen LogP) is 6.05. The number of imide groups is 1. The second-order valence-electron chi connectivity index (χ2n) is 8.40. The lowest BCUT2D eigenvalue weighted by Gasteiger charge is -2.28. The molecule has 0 bridgehead atoms. The average Bonchev–Trinajstić information content (AvgIpc) is 2.59. The van der Waals surface area contributed by atoms with Crippen molar-refractivity contribution in [2.24, 2.45) is 0 Å². The molecule has 6 nitrogen and oxygen atoms in total.